The Kier molecular flexibility index (Phi) is 3.55. The number of hydrogen-bond donors (Lipinski definition) is 0. The van der Waals surface area contributed by atoms with Crippen molar-refractivity contribution in [3.8, 4) is 0 Å². The predicted octanol–water partition coefficient (Wildman–Crippen LogP) is 3.03. The molecule has 2 atom stereocenters. The number of alkyl halides is 1. The van der Waals surface area contributed by atoms with Crippen LogP contribution in [0.3, 0.4) is 0 Å². The summed E-state index contributed by atoms with van der Waals surface area (Å²) in [6.07, 6.45) is 1.43. The highest BCUT2D eigenvalue weighted by molar-refractivity contribution is 6.74. The molecule has 1 saturated heterocycles. The molecule has 0 radical (unpaired) electrons. The summed E-state index contributed by atoms with van der Waals surface area (Å²) in [7, 11) is -2.67. The van der Waals surface area contributed by atoms with Crippen LogP contribution in [-0.4, -0.2) is 20.7 Å². The van der Waals surface area contributed by atoms with Gasteiger partial charge in [0.05, 0.1) is 0 Å². The van der Waals surface area contributed by atoms with E-state index in [2.05, 4.69) is 0 Å². The van der Waals surface area contributed by atoms with Gasteiger partial charge in [-0.25, -0.2) is 13.2 Å². The van der Waals surface area contributed by atoms with Crippen molar-refractivity contribution in [2.24, 2.45) is 0 Å². The summed E-state index contributed by atoms with van der Waals surface area (Å²) in [6, 6.07) is 0.565. The van der Waals surface area contributed by atoms with E-state index in [0.29, 0.717) is 12.7 Å². The maximum absolute atomic E-state index is 13.3. The first kappa shape index (κ1) is 10.8. The Morgan fingerprint density at radius 3 is 2.69 bits per heavy atom. The second-order valence-corrected chi connectivity index (χ2v) is 7.40. The largest absolute Gasteiger partial charge is 0.414 e. The van der Waals surface area contributed by atoms with Crippen LogP contribution in [0.15, 0.2) is 12.2 Å². The first-order valence-corrected chi connectivity index (χ1v) is 7.03. The van der Waals surface area contributed by atoms with Gasteiger partial charge in [0.15, 0.2) is 11.6 Å². The molecule has 1 fully saturated rings. The van der Waals surface area contributed by atoms with E-state index in [1.807, 2.05) is 0 Å². The standard InChI is InChI=1S/C8H13F3OSi/c1-13(5-3-2-4-12-13)8(11)7(10)6-9/h6,8H,2-5H2,1H3. The molecule has 2 unspecified atom stereocenters. The molecule has 1 nitrogen and oxygen atoms in total. The van der Waals surface area contributed by atoms with Crippen molar-refractivity contribution in [3.05, 3.63) is 12.2 Å². The third-order valence-corrected chi connectivity index (χ3v) is 5.94. The average Bonchev–Trinajstić information content (AvgIpc) is 2.16. The quantitative estimate of drug-likeness (QED) is 0.636. The van der Waals surface area contributed by atoms with Crippen LogP contribution in [0.5, 0.6) is 0 Å². The highest BCUT2D eigenvalue weighted by Gasteiger charge is 2.43. The number of rotatable bonds is 2. The van der Waals surface area contributed by atoms with E-state index in [1.165, 1.54) is 0 Å². The van der Waals surface area contributed by atoms with Crippen LogP contribution >= 0.6 is 0 Å². The predicted molar refractivity (Wildman–Crippen MR) is 46.8 cm³/mol. The minimum absolute atomic E-state index is 0.305. The molecule has 0 aromatic rings. The highest BCUT2D eigenvalue weighted by atomic mass is 28.4. The molecule has 1 aliphatic rings. The Balaban J connectivity index is 2.66. The highest BCUT2D eigenvalue weighted by Crippen LogP contribution is 2.30. The van der Waals surface area contributed by atoms with Gasteiger partial charge in [0.2, 0.25) is 8.32 Å². The molecule has 0 aromatic carbocycles. The van der Waals surface area contributed by atoms with E-state index in [9.17, 15) is 13.2 Å². The van der Waals surface area contributed by atoms with Crippen molar-refractivity contribution in [1.29, 1.82) is 0 Å². The molecule has 76 valence electrons. The second kappa shape index (κ2) is 4.28. The summed E-state index contributed by atoms with van der Waals surface area (Å²) < 4.78 is 43.0. The molecule has 0 saturated carbocycles. The third-order valence-electron chi connectivity index (χ3n) is 2.38. The Bertz CT molecular complexity index is 202. The first-order valence-electron chi connectivity index (χ1n) is 4.34. The zero-order valence-corrected chi connectivity index (χ0v) is 8.53. The Morgan fingerprint density at radius 2 is 2.23 bits per heavy atom. The minimum atomic E-state index is -2.67. The van der Waals surface area contributed by atoms with Gasteiger partial charge in [0, 0.05) is 6.61 Å². The lowest BCUT2D eigenvalue weighted by Gasteiger charge is -2.33. The molecule has 5 heteroatoms. The van der Waals surface area contributed by atoms with Crippen LogP contribution in [0.25, 0.3) is 0 Å². The smallest absolute Gasteiger partial charge is 0.232 e. The first-order chi connectivity index (χ1) is 6.10. The molecule has 0 bridgehead atoms. The van der Waals surface area contributed by atoms with E-state index in [1.54, 1.807) is 6.55 Å². The van der Waals surface area contributed by atoms with Gasteiger partial charge < -0.3 is 4.43 Å². The van der Waals surface area contributed by atoms with Crippen LogP contribution < -0.4 is 0 Å². The minimum Gasteiger partial charge on any atom is -0.414 e. The summed E-state index contributed by atoms with van der Waals surface area (Å²) in [6.45, 7) is 2.09. The molecule has 0 N–H and O–H groups in total. The topological polar surface area (TPSA) is 9.23 Å². The monoisotopic (exact) mass is 210 g/mol. The molecular weight excluding hydrogens is 197 g/mol. The molecule has 1 rings (SSSR count). The van der Waals surface area contributed by atoms with Gasteiger partial charge in [0.25, 0.3) is 0 Å². The molecule has 0 aliphatic carbocycles. The van der Waals surface area contributed by atoms with Crippen LogP contribution in [0, 0.1) is 0 Å². The number of hydrogen-bond acceptors (Lipinski definition) is 1. The van der Waals surface area contributed by atoms with Crippen molar-refractivity contribution in [2.75, 3.05) is 6.61 Å². The maximum atomic E-state index is 13.3. The lowest BCUT2D eigenvalue weighted by atomic mass is 10.4. The fourth-order valence-corrected chi connectivity index (χ4v) is 4.26. The molecule has 13 heavy (non-hydrogen) atoms. The number of allylic oxidation sites excluding steroid dienone is 1. The Labute approximate surface area is 76.7 Å². The maximum Gasteiger partial charge on any atom is 0.232 e. The van der Waals surface area contributed by atoms with Gasteiger partial charge in [-0.3, -0.25) is 0 Å². The van der Waals surface area contributed by atoms with Crippen molar-refractivity contribution in [2.45, 2.75) is 31.2 Å². The van der Waals surface area contributed by atoms with Gasteiger partial charge in [-0.1, -0.05) is 6.42 Å². The fraction of sp³-hybridized carbons (Fsp3) is 0.750. The molecule has 0 aromatic heterocycles. The van der Waals surface area contributed by atoms with E-state index in [0.717, 1.165) is 12.8 Å². The second-order valence-electron chi connectivity index (χ2n) is 3.47. The van der Waals surface area contributed by atoms with Crippen molar-refractivity contribution >= 4 is 8.32 Å². The molecular formula is C8H13F3OSi. The summed E-state index contributed by atoms with van der Waals surface area (Å²) in [5, 5.41) is 0. The summed E-state index contributed by atoms with van der Waals surface area (Å²) in [4.78, 5) is 0. The van der Waals surface area contributed by atoms with E-state index >= 15 is 0 Å². The molecule has 1 heterocycles. The third kappa shape index (κ3) is 2.34. The Morgan fingerprint density at radius 1 is 1.54 bits per heavy atom. The SMILES string of the molecule is C[Si]1(C(F)C(F)=CF)CCCCO1. The summed E-state index contributed by atoms with van der Waals surface area (Å²) >= 11 is 0. The zero-order valence-electron chi connectivity index (χ0n) is 7.53. The van der Waals surface area contributed by atoms with Gasteiger partial charge in [-0.2, -0.15) is 0 Å². The van der Waals surface area contributed by atoms with Gasteiger partial charge in [-0.05, 0) is 19.0 Å². The summed E-state index contributed by atoms with van der Waals surface area (Å²) in [5.41, 5.74) is 0. The molecule has 1 aliphatic heterocycles. The lowest BCUT2D eigenvalue weighted by molar-refractivity contribution is 0.235. The molecule has 0 amide bonds. The van der Waals surface area contributed by atoms with Crippen LogP contribution in [-0.2, 0) is 4.43 Å². The van der Waals surface area contributed by atoms with Gasteiger partial charge in [0.1, 0.15) is 6.33 Å². The fourth-order valence-electron chi connectivity index (χ4n) is 1.50. The van der Waals surface area contributed by atoms with Crippen LogP contribution in [0.4, 0.5) is 13.2 Å². The van der Waals surface area contributed by atoms with Gasteiger partial charge in [-0.15, -0.1) is 0 Å². The van der Waals surface area contributed by atoms with Crippen LogP contribution in [0.1, 0.15) is 12.8 Å². The van der Waals surface area contributed by atoms with Gasteiger partial charge >= 0.3 is 0 Å². The zero-order chi connectivity index (χ0) is 9.90. The van der Waals surface area contributed by atoms with Crippen molar-refractivity contribution in [1.82, 2.24) is 0 Å². The van der Waals surface area contributed by atoms with Crippen molar-refractivity contribution < 1.29 is 17.6 Å². The van der Waals surface area contributed by atoms with E-state index in [4.69, 9.17) is 4.43 Å². The number of halogens is 3. The van der Waals surface area contributed by atoms with Crippen LogP contribution in [0.2, 0.25) is 12.6 Å². The van der Waals surface area contributed by atoms with Crippen molar-refractivity contribution in [3.63, 3.8) is 0 Å². The van der Waals surface area contributed by atoms with E-state index < -0.39 is 19.9 Å². The normalized spacial score (nSPS) is 33.1. The molecule has 0 spiro atoms. The lowest BCUT2D eigenvalue weighted by Crippen LogP contribution is -2.48. The Hall–Kier alpha value is -0.293. The van der Waals surface area contributed by atoms with E-state index in [-0.39, 0.29) is 6.33 Å². The summed E-state index contributed by atoms with van der Waals surface area (Å²) in [5.74, 6) is -3.17. The average molecular weight is 210 g/mol.